The maximum absolute atomic E-state index is 14.1. The molecule has 0 aliphatic rings. The van der Waals surface area contributed by atoms with E-state index in [1.807, 2.05) is 30.3 Å². The number of carbonyl (C=O) groups excluding carboxylic acids is 1. The molecule has 0 aliphatic heterocycles. The van der Waals surface area contributed by atoms with Crippen LogP contribution in [0.5, 0.6) is 0 Å². The van der Waals surface area contributed by atoms with Crippen LogP contribution in [0.4, 0.5) is 8.78 Å². The third-order valence-electron chi connectivity index (χ3n) is 4.20. The highest BCUT2D eigenvalue weighted by molar-refractivity contribution is 5.93. The van der Waals surface area contributed by atoms with Crippen LogP contribution in [-0.4, -0.2) is 36.6 Å². The molecule has 1 amide bonds. The number of nitrogens with zero attached hydrogens (tertiary/aromatic N) is 2. The molecule has 1 atom stereocenters. The van der Waals surface area contributed by atoms with Crippen molar-refractivity contribution in [1.82, 2.24) is 15.4 Å². The van der Waals surface area contributed by atoms with E-state index in [0.29, 0.717) is 11.3 Å². The molecule has 0 radical (unpaired) electrons. The van der Waals surface area contributed by atoms with Crippen molar-refractivity contribution in [2.24, 2.45) is 0 Å². The summed E-state index contributed by atoms with van der Waals surface area (Å²) < 4.78 is 32.5. The Bertz CT molecular complexity index is 926. The summed E-state index contributed by atoms with van der Waals surface area (Å²) in [6.07, 6.45) is 0. The molecule has 0 unspecified atom stereocenters. The predicted molar refractivity (Wildman–Crippen MR) is 97.1 cm³/mol. The number of hydrogen-bond donors (Lipinski definition) is 1. The van der Waals surface area contributed by atoms with E-state index in [1.54, 1.807) is 25.1 Å². The summed E-state index contributed by atoms with van der Waals surface area (Å²) in [6, 6.07) is 13.8. The average Bonchev–Trinajstić information content (AvgIpc) is 3.14. The molecule has 7 heteroatoms. The van der Waals surface area contributed by atoms with Gasteiger partial charge in [0, 0.05) is 29.8 Å². The molecule has 1 aromatic heterocycles. The maximum atomic E-state index is 14.1. The van der Waals surface area contributed by atoms with Gasteiger partial charge >= 0.3 is 0 Å². The van der Waals surface area contributed by atoms with Gasteiger partial charge in [0.1, 0.15) is 11.6 Å². The number of benzene rings is 2. The van der Waals surface area contributed by atoms with Gasteiger partial charge in [-0.15, -0.1) is 0 Å². The van der Waals surface area contributed by atoms with Crippen LogP contribution in [-0.2, 0) is 0 Å². The van der Waals surface area contributed by atoms with E-state index in [0.717, 1.165) is 11.6 Å². The number of halogens is 2. The van der Waals surface area contributed by atoms with Crippen LogP contribution in [0.3, 0.4) is 0 Å². The maximum Gasteiger partial charge on any atom is 0.273 e. The Balaban J connectivity index is 1.71. The number of likely N-dealkylation sites (N-methyl/N-ethyl adjacent to an activating group) is 1. The second-order valence-electron chi connectivity index (χ2n) is 6.30. The molecule has 0 fully saturated rings. The second kappa shape index (κ2) is 8.09. The van der Waals surface area contributed by atoms with E-state index in [2.05, 4.69) is 10.5 Å². The minimum Gasteiger partial charge on any atom is -0.355 e. The van der Waals surface area contributed by atoms with Crippen LogP contribution in [0.2, 0.25) is 0 Å². The van der Waals surface area contributed by atoms with Crippen LogP contribution >= 0.6 is 0 Å². The van der Waals surface area contributed by atoms with Gasteiger partial charge in [-0.3, -0.25) is 4.79 Å². The molecular weight excluding hydrogens is 352 g/mol. The fraction of sp³-hybridized carbons (Fsp3) is 0.200. The monoisotopic (exact) mass is 371 g/mol. The van der Waals surface area contributed by atoms with Crippen molar-refractivity contribution in [2.75, 3.05) is 20.6 Å². The number of hydrogen-bond acceptors (Lipinski definition) is 4. The largest absolute Gasteiger partial charge is 0.355 e. The summed E-state index contributed by atoms with van der Waals surface area (Å²) >= 11 is 0. The SMILES string of the molecule is CN(C)[C@H](CNC(=O)c1cc(-c2ccccc2)on1)c1ccc(F)cc1F. The number of carbonyl (C=O) groups is 1. The number of aromatic nitrogens is 1. The van der Waals surface area contributed by atoms with Crippen molar-refractivity contribution in [2.45, 2.75) is 6.04 Å². The molecule has 0 saturated heterocycles. The number of nitrogens with one attached hydrogen (secondary N) is 1. The highest BCUT2D eigenvalue weighted by Gasteiger charge is 2.21. The summed E-state index contributed by atoms with van der Waals surface area (Å²) in [7, 11) is 3.51. The lowest BCUT2D eigenvalue weighted by Crippen LogP contribution is -2.35. The quantitative estimate of drug-likeness (QED) is 0.719. The summed E-state index contributed by atoms with van der Waals surface area (Å²) in [6.45, 7) is 0.127. The zero-order valence-electron chi connectivity index (χ0n) is 14.9. The van der Waals surface area contributed by atoms with Crippen LogP contribution in [0.25, 0.3) is 11.3 Å². The molecule has 0 aliphatic carbocycles. The molecule has 140 valence electrons. The normalized spacial score (nSPS) is 12.2. The summed E-state index contributed by atoms with van der Waals surface area (Å²) in [4.78, 5) is 14.1. The number of rotatable bonds is 6. The van der Waals surface area contributed by atoms with E-state index in [9.17, 15) is 13.6 Å². The lowest BCUT2D eigenvalue weighted by molar-refractivity contribution is 0.0932. The van der Waals surface area contributed by atoms with E-state index in [1.165, 1.54) is 12.1 Å². The van der Waals surface area contributed by atoms with Gasteiger partial charge in [0.05, 0.1) is 6.04 Å². The van der Waals surface area contributed by atoms with Gasteiger partial charge in [-0.1, -0.05) is 41.6 Å². The van der Waals surface area contributed by atoms with Gasteiger partial charge in [-0.05, 0) is 20.2 Å². The van der Waals surface area contributed by atoms with Gasteiger partial charge in [-0.25, -0.2) is 8.78 Å². The summed E-state index contributed by atoms with van der Waals surface area (Å²) in [5.41, 5.74) is 1.24. The van der Waals surface area contributed by atoms with Crippen molar-refractivity contribution in [3.05, 3.63) is 77.5 Å². The molecule has 5 nitrogen and oxygen atoms in total. The van der Waals surface area contributed by atoms with Crippen LogP contribution in [0.1, 0.15) is 22.1 Å². The molecule has 1 heterocycles. The first-order chi connectivity index (χ1) is 13.0. The van der Waals surface area contributed by atoms with Crippen molar-refractivity contribution in [3.8, 4) is 11.3 Å². The third kappa shape index (κ3) is 4.38. The van der Waals surface area contributed by atoms with Crippen molar-refractivity contribution >= 4 is 5.91 Å². The number of amides is 1. The third-order valence-corrected chi connectivity index (χ3v) is 4.20. The molecule has 3 aromatic rings. The Kier molecular flexibility index (Phi) is 5.61. The fourth-order valence-corrected chi connectivity index (χ4v) is 2.74. The Morgan fingerprint density at radius 3 is 2.56 bits per heavy atom. The minimum atomic E-state index is -0.657. The average molecular weight is 371 g/mol. The second-order valence-corrected chi connectivity index (χ2v) is 6.30. The van der Waals surface area contributed by atoms with Gasteiger partial charge in [0.2, 0.25) is 0 Å². The Morgan fingerprint density at radius 1 is 1.15 bits per heavy atom. The smallest absolute Gasteiger partial charge is 0.273 e. The lowest BCUT2D eigenvalue weighted by Gasteiger charge is -2.25. The Morgan fingerprint density at radius 2 is 1.89 bits per heavy atom. The van der Waals surface area contributed by atoms with Gasteiger partial charge in [-0.2, -0.15) is 0 Å². The van der Waals surface area contributed by atoms with Gasteiger partial charge < -0.3 is 14.7 Å². The van der Waals surface area contributed by atoms with E-state index in [-0.39, 0.29) is 12.2 Å². The van der Waals surface area contributed by atoms with E-state index < -0.39 is 23.6 Å². The zero-order valence-corrected chi connectivity index (χ0v) is 14.9. The van der Waals surface area contributed by atoms with Crippen molar-refractivity contribution in [1.29, 1.82) is 0 Å². The van der Waals surface area contributed by atoms with E-state index in [4.69, 9.17) is 4.52 Å². The Hall–Kier alpha value is -3.06. The van der Waals surface area contributed by atoms with E-state index >= 15 is 0 Å². The first-order valence-corrected chi connectivity index (χ1v) is 8.37. The standard InChI is InChI=1S/C20H19F2N3O2/c1-25(2)18(15-9-8-14(21)10-16(15)22)12-23-20(26)17-11-19(27-24-17)13-6-4-3-5-7-13/h3-11,18H,12H2,1-2H3,(H,23,26)/t18-/m1/s1. The van der Waals surface area contributed by atoms with Gasteiger partial charge in [0.25, 0.3) is 5.91 Å². The van der Waals surface area contributed by atoms with Crippen LogP contribution in [0.15, 0.2) is 59.1 Å². The predicted octanol–water partition coefficient (Wildman–Crippen LogP) is 3.65. The van der Waals surface area contributed by atoms with Crippen LogP contribution < -0.4 is 5.32 Å². The Labute approximate surface area is 155 Å². The minimum absolute atomic E-state index is 0.127. The highest BCUT2D eigenvalue weighted by Crippen LogP contribution is 2.22. The molecular formula is C20H19F2N3O2. The molecule has 1 N–H and O–H groups in total. The first-order valence-electron chi connectivity index (χ1n) is 8.37. The molecule has 3 rings (SSSR count). The van der Waals surface area contributed by atoms with Crippen molar-refractivity contribution < 1.29 is 18.1 Å². The van der Waals surface area contributed by atoms with Gasteiger partial charge in [0.15, 0.2) is 11.5 Å². The lowest BCUT2D eigenvalue weighted by atomic mass is 10.0. The summed E-state index contributed by atoms with van der Waals surface area (Å²) in [5, 5.41) is 6.51. The molecule has 27 heavy (non-hydrogen) atoms. The van der Waals surface area contributed by atoms with Crippen LogP contribution in [0, 0.1) is 11.6 Å². The molecule has 0 spiro atoms. The topological polar surface area (TPSA) is 58.4 Å². The molecule has 0 bridgehead atoms. The fourth-order valence-electron chi connectivity index (χ4n) is 2.74. The summed E-state index contributed by atoms with van der Waals surface area (Å²) in [5.74, 6) is -1.26. The molecule has 0 saturated carbocycles. The first kappa shape index (κ1) is 18.7. The zero-order chi connectivity index (χ0) is 19.4. The highest BCUT2D eigenvalue weighted by atomic mass is 19.1. The molecule has 2 aromatic carbocycles. The van der Waals surface area contributed by atoms with Crippen molar-refractivity contribution in [3.63, 3.8) is 0 Å².